The highest BCUT2D eigenvalue weighted by atomic mass is 15.2. The van der Waals surface area contributed by atoms with Gasteiger partial charge in [-0.05, 0) is 175 Å². The van der Waals surface area contributed by atoms with Crippen molar-refractivity contribution in [3.8, 4) is 39.8 Å². The molecule has 0 unspecified atom stereocenters. The Morgan fingerprint density at radius 1 is 0.198 bits per heavy atom. The summed E-state index contributed by atoms with van der Waals surface area (Å²) in [7, 11) is 0. The second-order valence-corrected chi connectivity index (χ2v) is 24.2. The zero-order valence-corrected chi connectivity index (χ0v) is 52.2. The maximum atomic E-state index is 5.75. The number of rotatable bonds is 14. The van der Waals surface area contributed by atoms with E-state index in [1.54, 1.807) is 0 Å². The van der Waals surface area contributed by atoms with Crippen LogP contribution in [-0.4, -0.2) is 23.7 Å². The Labute approximate surface area is 555 Å². The lowest BCUT2D eigenvalue weighted by Gasteiger charge is -2.25. The van der Waals surface area contributed by atoms with Gasteiger partial charge in [0.05, 0.1) is 38.8 Å². The Hall–Kier alpha value is -13.0. The van der Waals surface area contributed by atoms with Gasteiger partial charge in [0.2, 0.25) is 5.95 Å². The van der Waals surface area contributed by atoms with E-state index in [2.05, 4.69) is 392 Å². The third-order valence-corrected chi connectivity index (χ3v) is 18.6. The molecule has 0 radical (unpaired) electrons. The van der Waals surface area contributed by atoms with Crippen molar-refractivity contribution < 1.29 is 0 Å². The molecule has 0 aliphatic carbocycles. The zero-order chi connectivity index (χ0) is 63.5. The molecule has 0 amide bonds. The summed E-state index contributed by atoms with van der Waals surface area (Å²) in [4.78, 5) is 18.4. The maximum absolute atomic E-state index is 5.75. The van der Waals surface area contributed by atoms with Gasteiger partial charge >= 0.3 is 0 Å². The normalized spacial score (nSPS) is 11.5. The van der Waals surface area contributed by atoms with E-state index in [0.717, 1.165) is 140 Å². The number of hydrogen-bond acceptors (Lipinski definition) is 5. The average molecular weight is 1230 g/mol. The average Bonchev–Trinajstić information content (AvgIpc) is 1.58. The quantitative estimate of drug-likeness (QED) is 0.109. The summed E-state index contributed by atoms with van der Waals surface area (Å²) >= 11 is 0. The van der Waals surface area contributed by atoms with Crippen molar-refractivity contribution in [2.75, 3.05) is 14.7 Å². The Morgan fingerprint density at radius 2 is 0.521 bits per heavy atom. The SMILES string of the molecule is c1ccc(N(c2ccccc2)c2ccc3c(c2)c2ccccc2n3-c2cccc(-c3cccc(-c4cc(-n5c6ccccc6c6cc(N(c7ccccc7)c7ccccc7)ccc65)nc(-n5c6ccccc6c6cc(N(c7ccccc7)c7ccccc7)ccc65)n4)c3)c2)cc1. The molecule has 4 aromatic heterocycles. The molecule has 18 rings (SSSR count). The van der Waals surface area contributed by atoms with Gasteiger partial charge in [0.1, 0.15) is 5.82 Å². The van der Waals surface area contributed by atoms with E-state index in [1.807, 2.05) is 0 Å². The Morgan fingerprint density at radius 3 is 0.948 bits per heavy atom. The van der Waals surface area contributed by atoms with E-state index < -0.39 is 0 Å². The van der Waals surface area contributed by atoms with Gasteiger partial charge in [0.15, 0.2) is 0 Å². The summed E-state index contributed by atoms with van der Waals surface area (Å²) in [6, 6.07) is 130. The first-order valence-corrected chi connectivity index (χ1v) is 32.5. The lowest BCUT2D eigenvalue weighted by Crippen LogP contribution is -2.10. The maximum Gasteiger partial charge on any atom is 0.237 e. The number of fused-ring (bicyclic) bond motifs is 9. The van der Waals surface area contributed by atoms with Crippen LogP contribution in [0.4, 0.5) is 51.2 Å². The summed E-state index contributed by atoms with van der Waals surface area (Å²) in [5.74, 6) is 1.31. The standard InChI is InChI=1S/C88H60N8/c1-7-30-64(31-8-1)91(65-32-9-2-10-33-65)71-49-52-84-77(57-71)74-43-19-22-46-81(74)94(84)70-42-26-28-62(56-70)61-27-25-29-63(55-61)80-60-87(95-82-47-23-20-44-75(82)78-58-72(50-53-85(78)95)92(66-34-11-3-12-35-66)67-36-13-4-14-37-67)90-88(89-80)96-83-48-24-21-45-76(83)79-59-73(51-54-86(79)96)93(68-38-15-5-16-39-68)69-40-17-6-18-41-69/h1-60H. The van der Waals surface area contributed by atoms with Gasteiger partial charge in [-0.25, -0.2) is 4.98 Å². The number of hydrogen-bond donors (Lipinski definition) is 0. The first-order valence-electron chi connectivity index (χ1n) is 32.5. The van der Waals surface area contributed by atoms with Gasteiger partial charge < -0.3 is 19.3 Å². The first-order chi connectivity index (χ1) is 47.6. The fourth-order valence-corrected chi connectivity index (χ4v) is 14.3. The molecule has 0 bridgehead atoms. The molecule has 4 heterocycles. The largest absolute Gasteiger partial charge is 0.310 e. The zero-order valence-electron chi connectivity index (χ0n) is 52.2. The van der Waals surface area contributed by atoms with Gasteiger partial charge in [-0.2, -0.15) is 4.98 Å². The van der Waals surface area contributed by atoms with Crippen molar-refractivity contribution in [2.24, 2.45) is 0 Å². The number of nitrogens with zero attached hydrogens (tertiary/aromatic N) is 8. The Balaban J connectivity index is 0.808. The van der Waals surface area contributed by atoms with E-state index in [4.69, 9.17) is 9.97 Å². The molecule has 0 aliphatic heterocycles. The minimum Gasteiger partial charge on any atom is -0.310 e. The molecule has 0 N–H and O–H groups in total. The molecule has 0 saturated carbocycles. The van der Waals surface area contributed by atoms with E-state index >= 15 is 0 Å². The van der Waals surface area contributed by atoms with E-state index in [9.17, 15) is 0 Å². The summed E-state index contributed by atoms with van der Waals surface area (Å²) in [6.45, 7) is 0. The highest BCUT2D eigenvalue weighted by Gasteiger charge is 2.24. The summed E-state index contributed by atoms with van der Waals surface area (Å²) in [5.41, 5.74) is 21.0. The van der Waals surface area contributed by atoms with E-state index in [0.29, 0.717) is 5.95 Å². The number of anilines is 9. The predicted octanol–water partition coefficient (Wildman–Crippen LogP) is 23.5. The molecule has 0 fully saturated rings. The minimum absolute atomic E-state index is 0.559. The lowest BCUT2D eigenvalue weighted by atomic mass is 10.0. The molecular weight excluding hydrogens is 1170 g/mol. The molecule has 8 heteroatoms. The third kappa shape index (κ3) is 9.70. The molecule has 0 spiro atoms. The van der Waals surface area contributed by atoms with Crippen LogP contribution in [-0.2, 0) is 0 Å². The van der Waals surface area contributed by atoms with Crippen LogP contribution in [0.3, 0.4) is 0 Å². The topological polar surface area (TPSA) is 50.3 Å². The molecular formula is C88H60N8. The molecule has 8 nitrogen and oxygen atoms in total. The van der Waals surface area contributed by atoms with Crippen LogP contribution in [0.5, 0.6) is 0 Å². The van der Waals surface area contributed by atoms with Gasteiger partial charge in [0, 0.05) is 101 Å². The molecule has 14 aromatic carbocycles. The highest BCUT2D eigenvalue weighted by molar-refractivity contribution is 6.13. The van der Waals surface area contributed by atoms with Gasteiger partial charge in [0.25, 0.3) is 0 Å². The number of benzene rings is 14. The molecule has 18 aromatic rings. The van der Waals surface area contributed by atoms with Crippen LogP contribution >= 0.6 is 0 Å². The summed E-state index contributed by atoms with van der Waals surface area (Å²) in [6.07, 6.45) is 0. The summed E-state index contributed by atoms with van der Waals surface area (Å²) < 4.78 is 6.99. The monoisotopic (exact) mass is 1230 g/mol. The smallest absolute Gasteiger partial charge is 0.237 e. The van der Waals surface area contributed by atoms with Gasteiger partial charge in [-0.1, -0.05) is 194 Å². The molecule has 0 atom stereocenters. The van der Waals surface area contributed by atoms with E-state index in [1.165, 1.54) is 10.8 Å². The fraction of sp³-hybridized carbons (Fsp3) is 0. The Kier molecular flexibility index (Phi) is 13.7. The van der Waals surface area contributed by atoms with Gasteiger partial charge in [-0.3, -0.25) is 9.13 Å². The highest BCUT2D eigenvalue weighted by Crippen LogP contribution is 2.45. The van der Waals surface area contributed by atoms with Crippen LogP contribution in [0.25, 0.3) is 105 Å². The van der Waals surface area contributed by atoms with Crippen molar-refractivity contribution in [3.05, 3.63) is 364 Å². The van der Waals surface area contributed by atoms with Crippen molar-refractivity contribution in [2.45, 2.75) is 0 Å². The number of para-hydroxylation sites is 9. The van der Waals surface area contributed by atoms with Crippen molar-refractivity contribution >= 4 is 117 Å². The van der Waals surface area contributed by atoms with Crippen molar-refractivity contribution in [3.63, 3.8) is 0 Å². The minimum atomic E-state index is 0.559. The van der Waals surface area contributed by atoms with Gasteiger partial charge in [-0.15, -0.1) is 0 Å². The molecule has 0 saturated heterocycles. The lowest BCUT2D eigenvalue weighted by molar-refractivity contribution is 0.952. The summed E-state index contributed by atoms with van der Waals surface area (Å²) in [5, 5.41) is 6.79. The second kappa shape index (κ2) is 23.6. The molecule has 0 aliphatic rings. The molecule has 96 heavy (non-hydrogen) atoms. The van der Waals surface area contributed by atoms with Crippen LogP contribution in [0, 0.1) is 0 Å². The van der Waals surface area contributed by atoms with Crippen LogP contribution in [0.1, 0.15) is 0 Å². The third-order valence-electron chi connectivity index (χ3n) is 18.6. The number of aromatic nitrogens is 5. The molecule has 452 valence electrons. The van der Waals surface area contributed by atoms with Crippen LogP contribution in [0.2, 0.25) is 0 Å². The fourth-order valence-electron chi connectivity index (χ4n) is 14.3. The first kappa shape index (κ1) is 55.8. The van der Waals surface area contributed by atoms with Crippen LogP contribution in [0.15, 0.2) is 364 Å². The van der Waals surface area contributed by atoms with Crippen LogP contribution < -0.4 is 14.7 Å². The Bertz CT molecular complexity index is 5570. The van der Waals surface area contributed by atoms with Crippen molar-refractivity contribution in [1.29, 1.82) is 0 Å². The van der Waals surface area contributed by atoms with Crippen molar-refractivity contribution in [1.82, 2.24) is 23.7 Å². The predicted molar refractivity (Wildman–Crippen MR) is 400 cm³/mol. The van der Waals surface area contributed by atoms with E-state index in [-0.39, 0.29) is 0 Å². The second-order valence-electron chi connectivity index (χ2n) is 24.2.